The molecular formula is C10H8N2O6. The van der Waals surface area contributed by atoms with Gasteiger partial charge in [0.2, 0.25) is 0 Å². The van der Waals surface area contributed by atoms with Crippen molar-refractivity contribution in [1.29, 1.82) is 0 Å². The van der Waals surface area contributed by atoms with Crippen LogP contribution >= 0.6 is 0 Å². The number of carbonyl (C=O) groups is 4. The lowest BCUT2D eigenvalue weighted by atomic mass is 10.3. The van der Waals surface area contributed by atoms with Crippen molar-refractivity contribution in [3.05, 3.63) is 24.3 Å². The minimum absolute atomic E-state index is 0.246. The zero-order valence-corrected chi connectivity index (χ0v) is 8.94. The molecule has 0 radical (unpaired) electrons. The van der Waals surface area contributed by atoms with Crippen LogP contribution < -0.4 is 0 Å². The summed E-state index contributed by atoms with van der Waals surface area (Å²) in [6.07, 6.45) is 3.45. The number of rotatable bonds is 3. The summed E-state index contributed by atoms with van der Waals surface area (Å²) in [6, 6.07) is 0. The van der Waals surface area contributed by atoms with Crippen molar-refractivity contribution in [1.82, 2.24) is 9.80 Å². The molecule has 8 nitrogen and oxygen atoms in total. The molecule has 2 aliphatic heterocycles. The molecule has 0 unspecified atom stereocenters. The summed E-state index contributed by atoms with van der Waals surface area (Å²) < 4.78 is 0. The van der Waals surface area contributed by atoms with Crippen molar-refractivity contribution < 1.29 is 29.4 Å². The molecule has 0 saturated carbocycles. The van der Waals surface area contributed by atoms with Gasteiger partial charge in [-0.25, -0.2) is 9.80 Å². The van der Waals surface area contributed by atoms with E-state index in [4.69, 9.17) is 0 Å². The molecule has 0 fully saturated rings. The lowest BCUT2D eigenvalue weighted by molar-refractivity contribution is -0.219. The molecule has 0 spiro atoms. The first-order valence-electron chi connectivity index (χ1n) is 4.87. The summed E-state index contributed by atoms with van der Waals surface area (Å²) in [7, 11) is 0. The quantitative estimate of drug-likeness (QED) is 0.535. The highest BCUT2D eigenvalue weighted by Crippen LogP contribution is 2.25. The Morgan fingerprint density at radius 2 is 1.11 bits per heavy atom. The van der Waals surface area contributed by atoms with Gasteiger partial charge in [0.15, 0.2) is 0 Å². The Morgan fingerprint density at radius 1 is 0.833 bits per heavy atom. The van der Waals surface area contributed by atoms with Gasteiger partial charge < -0.3 is 10.2 Å². The number of hydrogen-bond donors (Lipinski definition) is 2. The highest BCUT2D eigenvalue weighted by atomic mass is 16.4. The van der Waals surface area contributed by atoms with Crippen LogP contribution in [0.1, 0.15) is 0 Å². The Hall–Kier alpha value is -2.32. The van der Waals surface area contributed by atoms with Crippen LogP contribution in [-0.2, 0) is 19.2 Å². The smallest absolute Gasteiger partial charge is 0.261 e. The van der Waals surface area contributed by atoms with Crippen LogP contribution in [0.15, 0.2) is 24.3 Å². The van der Waals surface area contributed by atoms with Crippen LogP contribution in [0.25, 0.3) is 0 Å². The number of aliphatic hydroxyl groups is 2. The molecule has 2 rings (SSSR count). The molecule has 0 aromatic rings. The lowest BCUT2D eigenvalue weighted by Crippen LogP contribution is -2.66. The summed E-state index contributed by atoms with van der Waals surface area (Å²) in [6.45, 7) is -1.18. The minimum atomic E-state index is -2.71. The van der Waals surface area contributed by atoms with E-state index in [0.717, 1.165) is 24.3 Å². The summed E-state index contributed by atoms with van der Waals surface area (Å²) in [5.74, 6) is -6.42. The molecule has 18 heavy (non-hydrogen) atoms. The number of nitrogens with zero attached hydrogens (tertiary/aromatic N) is 2. The highest BCUT2D eigenvalue weighted by molar-refractivity contribution is 6.16. The van der Waals surface area contributed by atoms with Crippen LogP contribution in [-0.4, -0.2) is 56.1 Å². The Kier molecular flexibility index (Phi) is 2.60. The van der Waals surface area contributed by atoms with E-state index in [-0.39, 0.29) is 9.80 Å². The third-order valence-electron chi connectivity index (χ3n) is 2.55. The van der Waals surface area contributed by atoms with Crippen molar-refractivity contribution in [2.75, 3.05) is 6.61 Å². The number of amides is 4. The van der Waals surface area contributed by atoms with E-state index in [1.807, 2.05) is 0 Å². The number of aliphatic hydroxyl groups excluding tert-OH is 1. The molecule has 0 aliphatic carbocycles. The van der Waals surface area contributed by atoms with Crippen LogP contribution in [0.5, 0.6) is 0 Å². The summed E-state index contributed by atoms with van der Waals surface area (Å²) >= 11 is 0. The van der Waals surface area contributed by atoms with Gasteiger partial charge in [-0.05, 0) is 0 Å². The second-order valence-electron chi connectivity index (χ2n) is 3.62. The first kappa shape index (κ1) is 12.1. The molecule has 8 heteroatoms. The predicted octanol–water partition coefficient (Wildman–Crippen LogP) is -2.53. The third-order valence-corrected chi connectivity index (χ3v) is 2.55. The fraction of sp³-hybridized carbons (Fsp3) is 0.200. The normalized spacial score (nSPS) is 19.7. The molecule has 0 atom stereocenters. The number of carbonyl (C=O) groups excluding carboxylic acids is 4. The molecular weight excluding hydrogens is 244 g/mol. The predicted molar refractivity (Wildman–Crippen MR) is 54.0 cm³/mol. The fourth-order valence-electron chi connectivity index (χ4n) is 1.75. The fourth-order valence-corrected chi connectivity index (χ4v) is 1.75. The first-order chi connectivity index (χ1) is 8.41. The van der Waals surface area contributed by atoms with Gasteiger partial charge in [0.05, 0.1) is 0 Å². The zero-order valence-electron chi connectivity index (χ0n) is 8.94. The van der Waals surface area contributed by atoms with Gasteiger partial charge in [-0.1, -0.05) is 0 Å². The van der Waals surface area contributed by atoms with Gasteiger partial charge in [0, 0.05) is 24.3 Å². The molecule has 4 amide bonds. The molecule has 0 saturated heterocycles. The Morgan fingerprint density at radius 3 is 1.33 bits per heavy atom. The largest absolute Gasteiger partial charge is 0.389 e. The van der Waals surface area contributed by atoms with Gasteiger partial charge in [0.25, 0.3) is 29.5 Å². The average molecular weight is 252 g/mol. The molecule has 2 N–H and O–H groups in total. The van der Waals surface area contributed by atoms with E-state index in [1.165, 1.54) is 0 Å². The van der Waals surface area contributed by atoms with Crippen molar-refractivity contribution >= 4 is 23.6 Å². The molecule has 2 aliphatic rings. The number of imide groups is 2. The van der Waals surface area contributed by atoms with Gasteiger partial charge in [-0.15, -0.1) is 0 Å². The molecule has 2 heterocycles. The van der Waals surface area contributed by atoms with Crippen molar-refractivity contribution in [3.63, 3.8) is 0 Å². The summed E-state index contributed by atoms with van der Waals surface area (Å²) in [5.41, 5.74) is 0. The Bertz CT molecular complexity index is 442. The van der Waals surface area contributed by atoms with E-state index < -0.39 is 36.1 Å². The minimum Gasteiger partial charge on any atom is -0.389 e. The highest BCUT2D eigenvalue weighted by Gasteiger charge is 2.52. The van der Waals surface area contributed by atoms with Gasteiger partial charge in [-0.2, -0.15) is 0 Å². The maximum atomic E-state index is 11.4. The summed E-state index contributed by atoms with van der Waals surface area (Å²) in [5, 5.41) is 19.3. The van der Waals surface area contributed by atoms with Gasteiger partial charge in [-0.3, -0.25) is 19.2 Å². The molecule has 0 aromatic carbocycles. The average Bonchev–Trinajstić information content (AvgIpc) is 2.83. The Labute approximate surface area is 100 Å². The Balaban J connectivity index is 2.43. The van der Waals surface area contributed by atoms with Gasteiger partial charge >= 0.3 is 0 Å². The first-order valence-corrected chi connectivity index (χ1v) is 4.87. The number of hydrogen-bond acceptors (Lipinski definition) is 6. The molecule has 0 aromatic heterocycles. The van der Waals surface area contributed by atoms with Crippen LogP contribution in [0.2, 0.25) is 0 Å². The second-order valence-corrected chi connectivity index (χ2v) is 3.62. The molecule has 94 valence electrons. The standard InChI is InChI=1S/C10H8N2O6/c13-5-10(18,11-6(14)1-2-7(11)15)12-8(16)3-4-9(12)17/h1-4,13,18H,5H2. The van der Waals surface area contributed by atoms with Crippen molar-refractivity contribution in [3.8, 4) is 0 Å². The van der Waals surface area contributed by atoms with E-state index in [2.05, 4.69) is 0 Å². The maximum absolute atomic E-state index is 11.4. The van der Waals surface area contributed by atoms with Gasteiger partial charge in [0.1, 0.15) is 6.61 Å². The van der Waals surface area contributed by atoms with E-state index in [0.29, 0.717) is 0 Å². The SMILES string of the molecule is O=C1C=CC(=O)N1C(O)(CO)N1C(=O)C=CC1=O. The van der Waals surface area contributed by atoms with E-state index in [9.17, 15) is 29.4 Å². The van der Waals surface area contributed by atoms with E-state index in [1.54, 1.807) is 0 Å². The zero-order chi connectivity index (χ0) is 13.5. The van der Waals surface area contributed by atoms with Crippen molar-refractivity contribution in [2.45, 2.75) is 5.85 Å². The van der Waals surface area contributed by atoms with Crippen molar-refractivity contribution in [2.24, 2.45) is 0 Å². The van der Waals surface area contributed by atoms with Crippen LogP contribution in [0, 0.1) is 0 Å². The van der Waals surface area contributed by atoms with E-state index >= 15 is 0 Å². The summed E-state index contributed by atoms with van der Waals surface area (Å²) in [4.78, 5) is 46.2. The van der Waals surface area contributed by atoms with Crippen LogP contribution in [0.3, 0.4) is 0 Å². The lowest BCUT2D eigenvalue weighted by Gasteiger charge is -2.39. The topological polar surface area (TPSA) is 115 Å². The monoisotopic (exact) mass is 252 g/mol. The maximum Gasteiger partial charge on any atom is 0.261 e. The molecule has 0 bridgehead atoms. The third kappa shape index (κ3) is 1.47. The second kappa shape index (κ2) is 3.86. The van der Waals surface area contributed by atoms with Crippen LogP contribution in [0.4, 0.5) is 0 Å².